The molecule has 0 aromatic carbocycles. The second kappa shape index (κ2) is 6.76. The van der Waals surface area contributed by atoms with Gasteiger partial charge in [0, 0.05) is 12.7 Å². The topological polar surface area (TPSA) is 79.3 Å². The van der Waals surface area contributed by atoms with Crippen molar-refractivity contribution in [3.05, 3.63) is 29.6 Å². The molecule has 0 bridgehead atoms. The molecule has 0 spiro atoms. The van der Waals surface area contributed by atoms with E-state index in [1.165, 1.54) is 6.07 Å². The number of alkyl halides is 3. The van der Waals surface area contributed by atoms with Crippen LogP contribution < -0.4 is 5.32 Å². The number of pyridine rings is 1. The van der Waals surface area contributed by atoms with Crippen molar-refractivity contribution in [1.29, 1.82) is 0 Å². The number of carbonyl (C=O) groups excluding carboxylic acids is 1. The molecule has 0 aliphatic rings. The zero-order valence-electron chi connectivity index (χ0n) is 12.2. The fraction of sp³-hybridized carbons (Fsp3) is 0.500. The Morgan fingerprint density at radius 3 is 2.32 bits per heavy atom. The Balaban J connectivity index is 2.98. The van der Waals surface area contributed by atoms with Crippen molar-refractivity contribution in [3.63, 3.8) is 0 Å². The van der Waals surface area contributed by atoms with Crippen LogP contribution in [0.1, 0.15) is 42.7 Å². The summed E-state index contributed by atoms with van der Waals surface area (Å²) in [5.41, 5.74) is -3.11. The number of amides is 1. The number of nitrogens with one attached hydrogen (secondary N) is 1. The molecule has 0 unspecified atom stereocenters. The second-order valence-corrected chi connectivity index (χ2v) is 4.87. The number of carboxylic acid groups (broad SMARTS) is 1. The Labute approximate surface area is 125 Å². The van der Waals surface area contributed by atoms with Crippen molar-refractivity contribution in [1.82, 2.24) is 10.3 Å². The highest BCUT2D eigenvalue weighted by atomic mass is 19.4. The lowest BCUT2D eigenvalue weighted by molar-refractivity contribution is -0.149. The zero-order valence-corrected chi connectivity index (χ0v) is 12.2. The maximum Gasteiger partial charge on any atom is 0.434 e. The van der Waals surface area contributed by atoms with Gasteiger partial charge in [-0.15, -0.1) is 0 Å². The number of nitrogens with zero attached hydrogens (tertiary/aromatic N) is 1. The predicted octanol–water partition coefficient (Wildman–Crippen LogP) is 2.72. The van der Waals surface area contributed by atoms with Crippen LogP contribution in [0.4, 0.5) is 13.2 Å². The van der Waals surface area contributed by atoms with E-state index in [0.29, 0.717) is 0 Å². The molecular formula is C14H17F3N2O3. The SMILES string of the molecule is CCC(CC)(CNC(=O)c1cccnc1C(F)(F)F)C(=O)O. The van der Waals surface area contributed by atoms with Crippen LogP contribution in [-0.2, 0) is 11.0 Å². The van der Waals surface area contributed by atoms with Gasteiger partial charge in [0.15, 0.2) is 5.69 Å². The summed E-state index contributed by atoms with van der Waals surface area (Å²) < 4.78 is 38.4. The largest absolute Gasteiger partial charge is 0.481 e. The summed E-state index contributed by atoms with van der Waals surface area (Å²) in [6.07, 6.45) is -3.32. The quantitative estimate of drug-likeness (QED) is 0.845. The lowest BCUT2D eigenvalue weighted by Crippen LogP contribution is -2.42. The lowest BCUT2D eigenvalue weighted by Gasteiger charge is -2.27. The first-order valence-electron chi connectivity index (χ1n) is 6.71. The molecular weight excluding hydrogens is 301 g/mol. The number of carboxylic acids is 1. The molecule has 5 nitrogen and oxygen atoms in total. The average Bonchev–Trinajstić information content (AvgIpc) is 2.47. The van der Waals surface area contributed by atoms with E-state index in [1.807, 2.05) is 0 Å². The van der Waals surface area contributed by atoms with Gasteiger partial charge in [-0.05, 0) is 25.0 Å². The van der Waals surface area contributed by atoms with Crippen molar-refractivity contribution in [2.45, 2.75) is 32.9 Å². The first kappa shape index (κ1) is 17.9. The van der Waals surface area contributed by atoms with E-state index < -0.39 is 34.7 Å². The molecule has 1 aromatic rings. The van der Waals surface area contributed by atoms with Crippen LogP contribution in [0.5, 0.6) is 0 Å². The van der Waals surface area contributed by atoms with E-state index in [1.54, 1.807) is 13.8 Å². The number of aromatic nitrogens is 1. The summed E-state index contributed by atoms with van der Waals surface area (Å²) in [6.45, 7) is 3.05. The lowest BCUT2D eigenvalue weighted by atomic mass is 9.82. The highest BCUT2D eigenvalue weighted by Crippen LogP contribution is 2.30. The molecule has 1 amide bonds. The van der Waals surface area contributed by atoms with E-state index in [0.717, 1.165) is 12.3 Å². The van der Waals surface area contributed by atoms with Crippen LogP contribution in [-0.4, -0.2) is 28.5 Å². The molecule has 0 atom stereocenters. The van der Waals surface area contributed by atoms with Gasteiger partial charge in [0.1, 0.15) is 0 Å². The van der Waals surface area contributed by atoms with Gasteiger partial charge in [0.2, 0.25) is 0 Å². The molecule has 0 saturated heterocycles. The molecule has 122 valence electrons. The predicted molar refractivity (Wildman–Crippen MR) is 72.2 cm³/mol. The molecule has 8 heteroatoms. The minimum Gasteiger partial charge on any atom is -0.481 e. The third-order valence-corrected chi connectivity index (χ3v) is 3.72. The van der Waals surface area contributed by atoms with Crippen molar-refractivity contribution < 1.29 is 27.9 Å². The Hall–Kier alpha value is -2.12. The Morgan fingerprint density at radius 1 is 1.27 bits per heavy atom. The van der Waals surface area contributed by atoms with Gasteiger partial charge in [-0.2, -0.15) is 13.2 Å². The van der Waals surface area contributed by atoms with Gasteiger partial charge in [-0.25, -0.2) is 0 Å². The van der Waals surface area contributed by atoms with Crippen molar-refractivity contribution >= 4 is 11.9 Å². The molecule has 1 aromatic heterocycles. The summed E-state index contributed by atoms with van der Waals surface area (Å²) in [5.74, 6) is -2.09. The van der Waals surface area contributed by atoms with Gasteiger partial charge >= 0.3 is 12.1 Å². The molecule has 0 saturated carbocycles. The fourth-order valence-corrected chi connectivity index (χ4v) is 2.04. The van der Waals surface area contributed by atoms with E-state index in [9.17, 15) is 27.9 Å². The van der Waals surface area contributed by atoms with E-state index in [-0.39, 0.29) is 19.4 Å². The molecule has 0 aliphatic heterocycles. The highest BCUT2D eigenvalue weighted by molar-refractivity contribution is 5.95. The molecule has 1 rings (SSSR count). The number of hydrogen-bond donors (Lipinski definition) is 2. The number of aliphatic carboxylic acids is 1. The minimum atomic E-state index is -4.76. The molecule has 0 fully saturated rings. The van der Waals surface area contributed by atoms with Gasteiger partial charge in [0.05, 0.1) is 11.0 Å². The Kier molecular flexibility index (Phi) is 5.51. The Morgan fingerprint density at radius 2 is 1.86 bits per heavy atom. The van der Waals surface area contributed by atoms with Crippen LogP contribution in [0, 0.1) is 5.41 Å². The number of hydrogen-bond acceptors (Lipinski definition) is 3. The number of rotatable bonds is 6. The van der Waals surface area contributed by atoms with Crippen molar-refractivity contribution in [3.8, 4) is 0 Å². The maximum atomic E-state index is 12.8. The molecule has 1 heterocycles. The summed E-state index contributed by atoms with van der Waals surface area (Å²) >= 11 is 0. The summed E-state index contributed by atoms with van der Waals surface area (Å²) in [5, 5.41) is 11.5. The summed E-state index contributed by atoms with van der Waals surface area (Å²) in [4.78, 5) is 26.5. The van der Waals surface area contributed by atoms with E-state index >= 15 is 0 Å². The van der Waals surface area contributed by atoms with Gasteiger partial charge in [0.25, 0.3) is 5.91 Å². The standard InChI is InChI=1S/C14H17F3N2O3/c1-3-13(4-2,12(21)22)8-19-11(20)9-6-5-7-18-10(9)14(15,16)17/h5-7H,3-4,8H2,1-2H3,(H,19,20)(H,21,22). The summed E-state index contributed by atoms with van der Waals surface area (Å²) in [6, 6.07) is 2.22. The van der Waals surface area contributed by atoms with Crippen LogP contribution in [0.2, 0.25) is 0 Å². The van der Waals surface area contributed by atoms with Crippen LogP contribution in [0.25, 0.3) is 0 Å². The first-order valence-corrected chi connectivity index (χ1v) is 6.71. The minimum absolute atomic E-state index is 0.248. The fourth-order valence-electron chi connectivity index (χ4n) is 2.04. The van der Waals surface area contributed by atoms with Gasteiger partial charge < -0.3 is 10.4 Å². The second-order valence-electron chi connectivity index (χ2n) is 4.87. The Bertz CT molecular complexity index is 555. The average molecular weight is 318 g/mol. The highest BCUT2D eigenvalue weighted by Gasteiger charge is 2.38. The normalized spacial score (nSPS) is 12.0. The van der Waals surface area contributed by atoms with Gasteiger partial charge in [-0.3, -0.25) is 14.6 Å². The zero-order chi connectivity index (χ0) is 17.0. The third-order valence-electron chi connectivity index (χ3n) is 3.72. The van der Waals surface area contributed by atoms with Crippen molar-refractivity contribution in [2.75, 3.05) is 6.54 Å². The molecule has 0 aliphatic carbocycles. The van der Waals surface area contributed by atoms with Crippen LogP contribution in [0.3, 0.4) is 0 Å². The summed E-state index contributed by atoms with van der Waals surface area (Å²) in [7, 11) is 0. The maximum absolute atomic E-state index is 12.8. The van der Waals surface area contributed by atoms with Crippen LogP contribution in [0.15, 0.2) is 18.3 Å². The third kappa shape index (κ3) is 3.75. The monoisotopic (exact) mass is 318 g/mol. The number of halogens is 3. The number of carbonyl (C=O) groups is 2. The molecule has 0 radical (unpaired) electrons. The first-order chi connectivity index (χ1) is 10.2. The van der Waals surface area contributed by atoms with Crippen LogP contribution >= 0.6 is 0 Å². The van der Waals surface area contributed by atoms with E-state index in [4.69, 9.17) is 0 Å². The smallest absolute Gasteiger partial charge is 0.434 e. The van der Waals surface area contributed by atoms with Crippen molar-refractivity contribution in [2.24, 2.45) is 5.41 Å². The molecule has 2 N–H and O–H groups in total. The molecule has 22 heavy (non-hydrogen) atoms. The van der Waals surface area contributed by atoms with Gasteiger partial charge in [-0.1, -0.05) is 13.8 Å². The van der Waals surface area contributed by atoms with E-state index in [2.05, 4.69) is 10.3 Å².